The van der Waals surface area contributed by atoms with Gasteiger partial charge in [-0.05, 0) is 45.8 Å². The number of nitrogens with one attached hydrogen (secondary N) is 1. The molecule has 2 N–H and O–H groups in total. The average molecular weight is 358 g/mol. The Bertz CT molecular complexity index is 637. The molecular formula is C15H14BrF2NO2. The number of halogens is 3. The Morgan fingerprint density at radius 1 is 1.19 bits per heavy atom. The van der Waals surface area contributed by atoms with E-state index in [0.717, 1.165) is 22.3 Å². The molecule has 2 rings (SSSR count). The lowest BCUT2D eigenvalue weighted by Gasteiger charge is -2.15. The van der Waals surface area contributed by atoms with Gasteiger partial charge in [-0.2, -0.15) is 0 Å². The lowest BCUT2D eigenvalue weighted by Crippen LogP contribution is -2.13. The summed E-state index contributed by atoms with van der Waals surface area (Å²) in [5.41, 5.74) is 1.04. The molecule has 0 heterocycles. The van der Waals surface area contributed by atoms with Gasteiger partial charge >= 0.3 is 0 Å². The van der Waals surface area contributed by atoms with Crippen LogP contribution in [0.15, 0.2) is 40.9 Å². The van der Waals surface area contributed by atoms with Gasteiger partial charge in [-0.3, -0.25) is 0 Å². The molecule has 3 nitrogen and oxygen atoms in total. The van der Waals surface area contributed by atoms with Gasteiger partial charge in [0.15, 0.2) is 11.6 Å². The molecule has 2 aromatic carbocycles. The number of aliphatic hydroxyl groups is 1. The Morgan fingerprint density at radius 3 is 2.62 bits per heavy atom. The first kappa shape index (κ1) is 15.7. The molecule has 6 heteroatoms. The molecule has 0 aliphatic rings. The van der Waals surface area contributed by atoms with E-state index in [4.69, 9.17) is 4.74 Å². The van der Waals surface area contributed by atoms with Crippen LogP contribution in [0.2, 0.25) is 0 Å². The summed E-state index contributed by atoms with van der Waals surface area (Å²) in [5.74, 6) is -1.24. The summed E-state index contributed by atoms with van der Waals surface area (Å²) in [6, 6.07) is 8.71. The number of ether oxygens (including phenoxy) is 1. The molecule has 0 aliphatic heterocycles. The van der Waals surface area contributed by atoms with E-state index < -0.39 is 17.7 Å². The highest BCUT2D eigenvalue weighted by Gasteiger charge is 2.11. The monoisotopic (exact) mass is 357 g/mol. The quantitative estimate of drug-likeness (QED) is 0.853. The van der Waals surface area contributed by atoms with Crippen LogP contribution in [0, 0.1) is 11.6 Å². The van der Waals surface area contributed by atoms with Crippen molar-refractivity contribution >= 4 is 21.6 Å². The number of benzene rings is 2. The average Bonchev–Trinajstić information content (AvgIpc) is 2.49. The number of methoxy groups -OCH3 is 1. The standard InChI is InChI=1S/C15H14BrF2NO2/c1-21-10-3-4-11(16)14(7-10)19-8-15(20)9-2-5-12(17)13(18)6-9/h2-7,15,19-20H,8H2,1H3. The van der Waals surface area contributed by atoms with Crippen LogP contribution >= 0.6 is 15.9 Å². The number of anilines is 1. The van der Waals surface area contributed by atoms with E-state index >= 15 is 0 Å². The predicted octanol–water partition coefficient (Wildman–Crippen LogP) is 3.88. The first-order valence-corrected chi connectivity index (χ1v) is 7.01. The van der Waals surface area contributed by atoms with Crippen molar-refractivity contribution in [2.75, 3.05) is 19.0 Å². The zero-order chi connectivity index (χ0) is 15.4. The van der Waals surface area contributed by atoms with E-state index in [1.54, 1.807) is 19.2 Å². The van der Waals surface area contributed by atoms with Crippen LogP contribution in [0.1, 0.15) is 11.7 Å². The van der Waals surface area contributed by atoms with Crippen molar-refractivity contribution in [3.63, 3.8) is 0 Å². The van der Waals surface area contributed by atoms with Crippen molar-refractivity contribution in [2.45, 2.75) is 6.10 Å². The summed E-state index contributed by atoms with van der Waals surface area (Å²) in [4.78, 5) is 0. The van der Waals surface area contributed by atoms with Gasteiger partial charge < -0.3 is 15.2 Å². The van der Waals surface area contributed by atoms with Gasteiger partial charge in [-0.1, -0.05) is 6.07 Å². The molecule has 1 atom stereocenters. The second-order valence-corrected chi connectivity index (χ2v) is 5.27. The van der Waals surface area contributed by atoms with Gasteiger partial charge in [0.1, 0.15) is 5.75 Å². The Hall–Kier alpha value is -1.66. The fourth-order valence-electron chi connectivity index (χ4n) is 1.81. The van der Waals surface area contributed by atoms with Gasteiger partial charge in [0.05, 0.1) is 18.9 Å². The smallest absolute Gasteiger partial charge is 0.159 e. The molecule has 112 valence electrons. The molecule has 21 heavy (non-hydrogen) atoms. The van der Waals surface area contributed by atoms with E-state index in [1.807, 2.05) is 6.07 Å². The summed E-state index contributed by atoms with van der Waals surface area (Å²) in [6.45, 7) is 0.150. The second kappa shape index (κ2) is 6.87. The topological polar surface area (TPSA) is 41.5 Å². The maximum Gasteiger partial charge on any atom is 0.159 e. The molecule has 0 fully saturated rings. The molecule has 0 spiro atoms. The molecule has 0 aromatic heterocycles. The highest BCUT2D eigenvalue weighted by molar-refractivity contribution is 9.10. The summed E-state index contributed by atoms with van der Waals surface area (Å²) < 4.78 is 31.9. The molecular weight excluding hydrogens is 344 g/mol. The van der Waals surface area contributed by atoms with E-state index in [2.05, 4.69) is 21.2 Å². The molecule has 0 radical (unpaired) electrons. The molecule has 0 aliphatic carbocycles. The van der Waals surface area contributed by atoms with E-state index in [1.165, 1.54) is 6.07 Å². The summed E-state index contributed by atoms with van der Waals surface area (Å²) >= 11 is 3.38. The minimum absolute atomic E-state index is 0.150. The fourth-order valence-corrected chi connectivity index (χ4v) is 2.20. The third kappa shape index (κ3) is 3.92. The van der Waals surface area contributed by atoms with Gasteiger partial charge in [-0.25, -0.2) is 8.78 Å². The zero-order valence-corrected chi connectivity index (χ0v) is 12.8. The third-order valence-electron chi connectivity index (χ3n) is 2.99. The molecule has 0 bridgehead atoms. The summed E-state index contributed by atoms with van der Waals surface area (Å²) in [5, 5.41) is 13.0. The van der Waals surface area contributed by atoms with Gasteiger partial charge in [-0.15, -0.1) is 0 Å². The maximum atomic E-state index is 13.1. The largest absolute Gasteiger partial charge is 0.497 e. The van der Waals surface area contributed by atoms with Crippen molar-refractivity contribution in [1.29, 1.82) is 0 Å². The summed E-state index contributed by atoms with van der Waals surface area (Å²) in [6.07, 6.45) is -0.960. The van der Waals surface area contributed by atoms with E-state index in [0.29, 0.717) is 11.3 Å². The van der Waals surface area contributed by atoms with Crippen molar-refractivity contribution in [3.05, 3.63) is 58.1 Å². The van der Waals surface area contributed by atoms with Crippen LogP contribution < -0.4 is 10.1 Å². The second-order valence-electron chi connectivity index (χ2n) is 4.42. The maximum absolute atomic E-state index is 13.1. The van der Waals surface area contributed by atoms with E-state index in [-0.39, 0.29) is 6.54 Å². The number of rotatable bonds is 5. The molecule has 0 amide bonds. The Kier molecular flexibility index (Phi) is 5.14. The first-order chi connectivity index (χ1) is 10.0. The SMILES string of the molecule is COc1ccc(Br)c(NCC(O)c2ccc(F)c(F)c2)c1. The minimum Gasteiger partial charge on any atom is -0.497 e. The third-order valence-corrected chi connectivity index (χ3v) is 3.68. The number of hydrogen-bond donors (Lipinski definition) is 2. The van der Waals surface area contributed by atoms with Crippen LogP contribution in [0.25, 0.3) is 0 Å². The summed E-state index contributed by atoms with van der Waals surface area (Å²) in [7, 11) is 1.56. The molecule has 0 saturated heterocycles. The van der Waals surface area contributed by atoms with Gasteiger partial charge in [0.25, 0.3) is 0 Å². The van der Waals surface area contributed by atoms with Crippen molar-refractivity contribution in [3.8, 4) is 5.75 Å². The Morgan fingerprint density at radius 2 is 1.95 bits per heavy atom. The normalized spacial score (nSPS) is 12.0. The predicted molar refractivity (Wildman–Crippen MR) is 80.5 cm³/mol. The molecule has 0 saturated carbocycles. The number of aliphatic hydroxyl groups excluding tert-OH is 1. The fraction of sp³-hybridized carbons (Fsp3) is 0.200. The van der Waals surface area contributed by atoms with Crippen LogP contribution in [0.4, 0.5) is 14.5 Å². The lowest BCUT2D eigenvalue weighted by molar-refractivity contribution is 0.191. The van der Waals surface area contributed by atoms with Crippen LogP contribution in [-0.2, 0) is 0 Å². The molecule has 1 unspecified atom stereocenters. The van der Waals surface area contributed by atoms with Gasteiger partial charge in [0, 0.05) is 17.1 Å². The van der Waals surface area contributed by atoms with E-state index in [9.17, 15) is 13.9 Å². The van der Waals surface area contributed by atoms with Crippen molar-refractivity contribution in [2.24, 2.45) is 0 Å². The van der Waals surface area contributed by atoms with Crippen LogP contribution in [0.5, 0.6) is 5.75 Å². The zero-order valence-electron chi connectivity index (χ0n) is 11.2. The van der Waals surface area contributed by atoms with Gasteiger partial charge in [0.2, 0.25) is 0 Å². The highest BCUT2D eigenvalue weighted by atomic mass is 79.9. The highest BCUT2D eigenvalue weighted by Crippen LogP contribution is 2.28. The lowest BCUT2D eigenvalue weighted by atomic mass is 10.1. The van der Waals surface area contributed by atoms with Crippen molar-refractivity contribution in [1.82, 2.24) is 0 Å². The van der Waals surface area contributed by atoms with Crippen molar-refractivity contribution < 1.29 is 18.6 Å². The minimum atomic E-state index is -0.978. The first-order valence-electron chi connectivity index (χ1n) is 6.21. The van der Waals surface area contributed by atoms with Crippen LogP contribution in [-0.4, -0.2) is 18.8 Å². The molecule has 2 aromatic rings. The Balaban J connectivity index is 2.06. The van der Waals surface area contributed by atoms with Crippen LogP contribution in [0.3, 0.4) is 0 Å². The number of hydrogen-bond acceptors (Lipinski definition) is 3. The Labute approximate surface area is 129 Å².